The molecule has 1 unspecified atom stereocenters. The van der Waals surface area contributed by atoms with Crippen molar-refractivity contribution >= 4 is 11.9 Å². The fourth-order valence-corrected chi connectivity index (χ4v) is 2.73. The predicted molar refractivity (Wildman–Crippen MR) is 92.9 cm³/mol. The second-order valence-corrected chi connectivity index (χ2v) is 5.95. The fraction of sp³-hybridized carbons (Fsp3) is 0.300. The van der Waals surface area contributed by atoms with Crippen LogP contribution < -0.4 is 0 Å². The van der Waals surface area contributed by atoms with E-state index in [1.165, 1.54) is 7.11 Å². The Kier molecular flexibility index (Phi) is 6.16. The molecular weight excluding hydrogens is 355 g/mol. The van der Waals surface area contributed by atoms with Crippen LogP contribution in [0.3, 0.4) is 0 Å². The van der Waals surface area contributed by atoms with Crippen LogP contribution in [-0.2, 0) is 18.9 Å². The molecule has 1 fully saturated rings. The highest BCUT2D eigenvalue weighted by Gasteiger charge is 2.50. The van der Waals surface area contributed by atoms with Gasteiger partial charge in [-0.1, -0.05) is 36.4 Å². The molecule has 0 radical (unpaired) electrons. The molecule has 4 atom stereocenters. The number of methoxy groups -OCH3 is 1. The van der Waals surface area contributed by atoms with Crippen molar-refractivity contribution in [2.24, 2.45) is 0 Å². The SMILES string of the molecule is COC[C@H]1O[C@@H](OC(=O)c2ccccc2)[C@@H](F)C1OC(=O)c1ccccc1. The standard InChI is InChI=1S/C20H19FO6/c1-24-12-15-17(26-18(22)13-8-4-2-5-9-13)16(21)20(25-15)27-19(23)14-10-6-3-7-11-14/h2-11,15-17,20H,12H2,1H3/t15-,16+,17?,20+/m1/s1. The van der Waals surface area contributed by atoms with Gasteiger partial charge < -0.3 is 18.9 Å². The van der Waals surface area contributed by atoms with E-state index >= 15 is 0 Å². The summed E-state index contributed by atoms with van der Waals surface area (Å²) in [7, 11) is 1.41. The maximum atomic E-state index is 14.8. The molecule has 7 heteroatoms. The van der Waals surface area contributed by atoms with Crippen LogP contribution in [0.1, 0.15) is 20.7 Å². The minimum absolute atomic E-state index is 0.0213. The number of carbonyl (C=O) groups excluding carboxylic acids is 2. The molecule has 0 bridgehead atoms. The molecule has 1 aliphatic heterocycles. The Morgan fingerprint density at radius 3 is 1.96 bits per heavy atom. The lowest BCUT2D eigenvalue weighted by atomic mass is 10.1. The topological polar surface area (TPSA) is 71.1 Å². The van der Waals surface area contributed by atoms with Crippen molar-refractivity contribution in [3.8, 4) is 0 Å². The summed E-state index contributed by atoms with van der Waals surface area (Å²) in [6, 6.07) is 16.4. The normalized spacial score (nSPS) is 24.4. The molecule has 6 nitrogen and oxygen atoms in total. The summed E-state index contributed by atoms with van der Waals surface area (Å²) in [5.41, 5.74) is 0.548. The van der Waals surface area contributed by atoms with Gasteiger partial charge in [0.1, 0.15) is 6.10 Å². The smallest absolute Gasteiger partial charge is 0.340 e. The summed E-state index contributed by atoms with van der Waals surface area (Å²) in [5.74, 6) is -1.42. The van der Waals surface area contributed by atoms with Crippen molar-refractivity contribution in [2.45, 2.75) is 24.7 Å². The highest BCUT2D eigenvalue weighted by atomic mass is 19.1. The zero-order valence-electron chi connectivity index (χ0n) is 14.6. The van der Waals surface area contributed by atoms with Gasteiger partial charge >= 0.3 is 11.9 Å². The number of benzene rings is 2. The third-order valence-electron chi connectivity index (χ3n) is 4.07. The Labute approximate surface area is 155 Å². The highest BCUT2D eigenvalue weighted by molar-refractivity contribution is 5.90. The molecule has 0 aromatic heterocycles. The van der Waals surface area contributed by atoms with Gasteiger partial charge in [-0.3, -0.25) is 0 Å². The van der Waals surface area contributed by atoms with Gasteiger partial charge in [0, 0.05) is 7.11 Å². The number of ether oxygens (including phenoxy) is 4. The molecule has 2 aromatic carbocycles. The van der Waals surface area contributed by atoms with E-state index in [-0.39, 0.29) is 17.7 Å². The van der Waals surface area contributed by atoms with Gasteiger partial charge in [0.2, 0.25) is 12.5 Å². The largest absolute Gasteiger partial charge is 0.453 e. The maximum absolute atomic E-state index is 14.8. The molecule has 1 aliphatic rings. The monoisotopic (exact) mass is 374 g/mol. The first-order chi connectivity index (χ1) is 13.1. The molecule has 1 saturated heterocycles. The molecule has 3 rings (SSSR count). The van der Waals surface area contributed by atoms with Crippen LogP contribution in [-0.4, -0.2) is 50.3 Å². The first-order valence-corrected chi connectivity index (χ1v) is 8.40. The second-order valence-electron chi connectivity index (χ2n) is 5.95. The number of esters is 2. The zero-order chi connectivity index (χ0) is 19.2. The third kappa shape index (κ3) is 4.50. The van der Waals surface area contributed by atoms with Gasteiger partial charge in [0.15, 0.2) is 6.10 Å². The van der Waals surface area contributed by atoms with Crippen molar-refractivity contribution in [1.29, 1.82) is 0 Å². The van der Waals surface area contributed by atoms with E-state index in [1.54, 1.807) is 60.7 Å². The Hall–Kier alpha value is -2.77. The average Bonchev–Trinajstić information content (AvgIpc) is 2.98. The van der Waals surface area contributed by atoms with Gasteiger partial charge in [-0.15, -0.1) is 0 Å². The van der Waals surface area contributed by atoms with E-state index in [4.69, 9.17) is 18.9 Å². The predicted octanol–water partition coefficient (Wildman–Crippen LogP) is 2.78. The highest BCUT2D eigenvalue weighted by Crippen LogP contribution is 2.29. The van der Waals surface area contributed by atoms with Gasteiger partial charge in [-0.05, 0) is 24.3 Å². The Morgan fingerprint density at radius 2 is 1.44 bits per heavy atom. The zero-order valence-corrected chi connectivity index (χ0v) is 14.6. The van der Waals surface area contributed by atoms with E-state index in [1.807, 2.05) is 0 Å². The van der Waals surface area contributed by atoms with Crippen LogP contribution in [0.15, 0.2) is 60.7 Å². The number of carbonyl (C=O) groups is 2. The summed E-state index contributed by atoms with van der Waals surface area (Å²) >= 11 is 0. The van der Waals surface area contributed by atoms with E-state index < -0.39 is 36.6 Å². The fourth-order valence-electron chi connectivity index (χ4n) is 2.73. The van der Waals surface area contributed by atoms with Crippen molar-refractivity contribution in [3.05, 3.63) is 71.8 Å². The van der Waals surface area contributed by atoms with E-state index in [0.29, 0.717) is 0 Å². The molecule has 0 N–H and O–H groups in total. The minimum Gasteiger partial charge on any atom is -0.453 e. The Morgan fingerprint density at radius 1 is 0.926 bits per heavy atom. The average molecular weight is 374 g/mol. The summed E-state index contributed by atoms with van der Waals surface area (Å²) in [6.07, 6.45) is -5.49. The summed E-state index contributed by atoms with van der Waals surface area (Å²) in [5, 5.41) is 0. The van der Waals surface area contributed by atoms with Crippen LogP contribution in [0, 0.1) is 0 Å². The lowest BCUT2D eigenvalue weighted by Crippen LogP contribution is -2.37. The van der Waals surface area contributed by atoms with Crippen LogP contribution in [0.4, 0.5) is 4.39 Å². The van der Waals surface area contributed by atoms with Gasteiger partial charge in [0.05, 0.1) is 17.7 Å². The van der Waals surface area contributed by atoms with Crippen molar-refractivity contribution in [1.82, 2.24) is 0 Å². The third-order valence-corrected chi connectivity index (χ3v) is 4.07. The first-order valence-electron chi connectivity index (χ1n) is 8.40. The number of halogens is 1. The summed E-state index contributed by atoms with van der Waals surface area (Å²) in [6.45, 7) is -0.0213. The Bertz CT molecular complexity index is 767. The summed E-state index contributed by atoms with van der Waals surface area (Å²) in [4.78, 5) is 24.4. The quantitative estimate of drug-likeness (QED) is 0.724. The van der Waals surface area contributed by atoms with Crippen LogP contribution in [0.25, 0.3) is 0 Å². The minimum atomic E-state index is -1.84. The van der Waals surface area contributed by atoms with E-state index in [9.17, 15) is 14.0 Å². The molecule has 2 aromatic rings. The van der Waals surface area contributed by atoms with Gasteiger partial charge in [-0.2, -0.15) is 0 Å². The summed E-state index contributed by atoms with van der Waals surface area (Å²) < 4.78 is 35.7. The lowest BCUT2D eigenvalue weighted by molar-refractivity contribution is -0.130. The number of hydrogen-bond donors (Lipinski definition) is 0. The maximum Gasteiger partial charge on any atom is 0.340 e. The molecule has 0 saturated carbocycles. The molecule has 1 heterocycles. The van der Waals surface area contributed by atoms with Crippen LogP contribution in [0.2, 0.25) is 0 Å². The van der Waals surface area contributed by atoms with Gasteiger partial charge in [0.25, 0.3) is 0 Å². The first kappa shape index (κ1) is 19.0. The molecular formula is C20H19FO6. The van der Waals surface area contributed by atoms with Crippen LogP contribution in [0.5, 0.6) is 0 Å². The van der Waals surface area contributed by atoms with Crippen LogP contribution >= 0.6 is 0 Å². The van der Waals surface area contributed by atoms with Gasteiger partial charge in [-0.25, -0.2) is 14.0 Å². The number of hydrogen-bond acceptors (Lipinski definition) is 6. The lowest BCUT2D eigenvalue weighted by Gasteiger charge is -2.18. The molecule has 0 amide bonds. The Balaban J connectivity index is 1.69. The molecule has 142 valence electrons. The van der Waals surface area contributed by atoms with Crippen molar-refractivity contribution in [3.63, 3.8) is 0 Å². The number of alkyl halides is 1. The van der Waals surface area contributed by atoms with Crippen molar-refractivity contribution in [2.75, 3.05) is 13.7 Å². The van der Waals surface area contributed by atoms with Crippen molar-refractivity contribution < 1.29 is 32.9 Å². The molecule has 27 heavy (non-hydrogen) atoms. The second kappa shape index (κ2) is 8.75. The number of rotatable bonds is 6. The van der Waals surface area contributed by atoms with E-state index in [2.05, 4.69) is 0 Å². The van der Waals surface area contributed by atoms with E-state index in [0.717, 1.165) is 0 Å². The molecule has 0 aliphatic carbocycles. The molecule has 0 spiro atoms.